The van der Waals surface area contributed by atoms with Gasteiger partial charge in [0.05, 0.1) is 18.7 Å². The van der Waals surface area contributed by atoms with Crippen molar-refractivity contribution in [3.63, 3.8) is 0 Å². The Morgan fingerprint density at radius 1 is 0.879 bits per heavy atom. The third-order valence-electron chi connectivity index (χ3n) is 6.55. The minimum absolute atomic E-state index is 0.254. The summed E-state index contributed by atoms with van der Waals surface area (Å²) in [5, 5.41) is 13.8. The molecule has 33 heavy (non-hydrogen) atoms. The second-order valence-electron chi connectivity index (χ2n) is 8.56. The number of fused-ring (bicyclic) bond motifs is 2. The lowest BCUT2D eigenvalue weighted by Gasteiger charge is -2.23. The zero-order valence-corrected chi connectivity index (χ0v) is 18.5. The van der Waals surface area contributed by atoms with Crippen LogP contribution in [-0.2, 0) is 23.4 Å². The molecule has 1 aliphatic rings. The number of carbonyl (C=O) groups is 2. The molecule has 4 heteroatoms. The Morgan fingerprint density at radius 2 is 1.58 bits per heavy atom. The standard InChI is InChI=1S/C29H25NO3/c1-2-20-14-16-22(17-15-20)27(31)18-29(33)25-12-5-6-13-26(25)30(28(29)32)19-23-10-7-9-21-8-3-4-11-24(21)23/h3-17,33H,2,18-19H2,1H3/t29-/m0/s1. The van der Waals surface area contributed by atoms with Crippen molar-refractivity contribution in [3.05, 3.63) is 113 Å². The molecule has 1 atom stereocenters. The molecule has 0 radical (unpaired) electrons. The molecular formula is C29H25NO3. The molecule has 0 unspecified atom stereocenters. The Kier molecular flexibility index (Phi) is 5.31. The molecule has 4 nitrogen and oxygen atoms in total. The molecule has 4 aromatic rings. The summed E-state index contributed by atoms with van der Waals surface area (Å²) in [4.78, 5) is 28.3. The van der Waals surface area contributed by atoms with Gasteiger partial charge in [0.25, 0.3) is 5.91 Å². The highest BCUT2D eigenvalue weighted by Crippen LogP contribution is 2.43. The molecular weight excluding hydrogens is 410 g/mol. The number of anilines is 1. The van der Waals surface area contributed by atoms with E-state index >= 15 is 0 Å². The van der Waals surface area contributed by atoms with Crippen LogP contribution in [0.4, 0.5) is 5.69 Å². The summed E-state index contributed by atoms with van der Waals surface area (Å²) in [7, 11) is 0. The predicted octanol–water partition coefficient (Wildman–Crippen LogP) is 5.41. The molecule has 4 aromatic carbocycles. The van der Waals surface area contributed by atoms with E-state index in [1.54, 1.807) is 29.2 Å². The van der Waals surface area contributed by atoms with Crippen molar-refractivity contribution in [2.75, 3.05) is 4.90 Å². The predicted molar refractivity (Wildman–Crippen MR) is 130 cm³/mol. The van der Waals surface area contributed by atoms with Gasteiger partial charge in [-0.25, -0.2) is 0 Å². The maximum Gasteiger partial charge on any atom is 0.264 e. The van der Waals surface area contributed by atoms with E-state index in [2.05, 4.69) is 6.92 Å². The fraction of sp³-hybridized carbons (Fsp3) is 0.172. The van der Waals surface area contributed by atoms with Crippen LogP contribution in [0.2, 0.25) is 0 Å². The molecule has 0 bridgehead atoms. The lowest BCUT2D eigenvalue weighted by Crippen LogP contribution is -2.41. The quantitative estimate of drug-likeness (QED) is 0.412. The fourth-order valence-corrected chi connectivity index (χ4v) is 4.70. The van der Waals surface area contributed by atoms with Gasteiger partial charge < -0.3 is 10.0 Å². The highest BCUT2D eigenvalue weighted by Gasteiger charge is 2.50. The molecule has 1 aliphatic heterocycles. The Morgan fingerprint density at radius 3 is 2.36 bits per heavy atom. The molecule has 1 amide bonds. The Balaban J connectivity index is 1.49. The molecule has 0 aliphatic carbocycles. The summed E-state index contributed by atoms with van der Waals surface area (Å²) in [6.45, 7) is 2.37. The van der Waals surface area contributed by atoms with E-state index in [0.717, 1.165) is 28.3 Å². The minimum Gasteiger partial charge on any atom is -0.375 e. The molecule has 0 fully saturated rings. The summed E-state index contributed by atoms with van der Waals surface area (Å²) in [5.74, 6) is -0.717. The number of rotatable bonds is 6. The number of nitrogens with zero attached hydrogens (tertiary/aromatic N) is 1. The van der Waals surface area contributed by atoms with Crippen molar-refractivity contribution < 1.29 is 14.7 Å². The topological polar surface area (TPSA) is 57.6 Å². The van der Waals surface area contributed by atoms with Gasteiger partial charge in [0.1, 0.15) is 0 Å². The first-order valence-corrected chi connectivity index (χ1v) is 11.2. The van der Waals surface area contributed by atoms with E-state index in [9.17, 15) is 14.7 Å². The van der Waals surface area contributed by atoms with Crippen molar-refractivity contribution in [2.24, 2.45) is 0 Å². The van der Waals surface area contributed by atoms with Gasteiger partial charge in [0, 0.05) is 11.1 Å². The number of ketones is 1. The molecule has 0 aromatic heterocycles. The lowest BCUT2D eigenvalue weighted by atomic mass is 9.88. The van der Waals surface area contributed by atoms with Crippen LogP contribution in [0.3, 0.4) is 0 Å². The van der Waals surface area contributed by atoms with E-state index < -0.39 is 11.5 Å². The van der Waals surface area contributed by atoms with Crippen LogP contribution in [0.15, 0.2) is 91.0 Å². The van der Waals surface area contributed by atoms with Gasteiger partial charge in [-0.1, -0.05) is 91.9 Å². The van der Waals surface area contributed by atoms with Crippen molar-refractivity contribution in [2.45, 2.75) is 31.9 Å². The van der Waals surface area contributed by atoms with Crippen LogP contribution in [0.1, 0.15) is 40.4 Å². The summed E-state index contributed by atoms with van der Waals surface area (Å²) in [6, 6.07) is 28.6. The largest absolute Gasteiger partial charge is 0.375 e. The van der Waals surface area contributed by atoms with Crippen LogP contribution in [0.25, 0.3) is 10.8 Å². The molecule has 164 valence electrons. The molecule has 1 heterocycles. The Labute approximate surface area is 193 Å². The molecule has 0 saturated carbocycles. The number of benzene rings is 4. The first-order chi connectivity index (χ1) is 16.0. The van der Waals surface area contributed by atoms with Crippen molar-refractivity contribution in [1.29, 1.82) is 0 Å². The highest BCUT2D eigenvalue weighted by atomic mass is 16.3. The third kappa shape index (κ3) is 3.62. The number of amides is 1. The number of aliphatic hydroxyl groups is 1. The van der Waals surface area contributed by atoms with Crippen LogP contribution in [0, 0.1) is 0 Å². The van der Waals surface area contributed by atoms with Crippen molar-refractivity contribution in [1.82, 2.24) is 0 Å². The van der Waals surface area contributed by atoms with Crippen molar-refractivity contribution in [3.8, 4) is 0 Å². The average molecular weight is 436 g/mol. The normalized spacial score (nSPS) is 17.4. The van der Waals surface area contributed by atoms with Crippen molar-refractivity contribution >= 4 is 28.2 Å². The van der Waals surface area contributed by atoms with E-state index in [1.165, 1.54) is 0 Å². The van der Waals surface area contributed by atoms with Gasteiger partial charge in [0.15, 0.2) is 11.4 Å². The molecule has 5 rings (SSSR count). The SMILES string of the molecule is CCc1ccc(C(=O)C[C@@]2(O)C(=O)N(Cc3cccc4ccccc34)c3ccccc32)cc1. The first kappa shape index (κ1) is 21.1. The molecule has 1 N–H and O–H groups in total. The average Bonchev–Trinajstić information content (AvgIpc) is 3.06. The number of carbonyl (C=O) groups excluding carboxylic acids is 2. The second-order valence-corrected chi connectivity index (χ2v) is 8.56. The van der Waals surface area contributed by atoms with E-state index in [-0.39, 0.29) is 12.2 Å². The monoisotopic (exact) mass is 435 g/mol. The zero-order chi connectivity index (χ0) is 23.0. The lowest BCUT2D eigenvalue weighted by molar-refractivity contribution is -0.136. The van der Waals surface area contributed by atoms with E-state index in [0.29, 0.717) is 23.4 Å². The zero-order valence-electron chi connectivity index (χ0n) is 18.5. The maximum absolute atomic E-state index is 13.6. The van der Waals surface area contributed by atoms with E-state index in [1.807, 2.05) is 66.7 Å². The van der Waals surface area contributed by atoms with Gasteiger partial charge in [-0.3, -0.25) is 9.59 Å². The number of hydrogen-bond donors (Lipinski definition) is 1. The fourth-order valence-electron chi connectivity index (χ4n) is 4.70. The second kappa shape index (κ2) is 8.30. The number of hydrogen-bond acceptors (Lipinski definition) is 3. The Bertz CT molecular complexity index is 1350. The van der Waals surface area contributed by atoms with Crippen LogP contribution < -0.4 is 4.90 Å². The van der Waals surface area contributed by atoms with Crippen LogP contribution in [0.5, 0.6) is 0 Å². The van der Waals surface area contributed by atoms with Gasteiger partial charge in [-0.15, -0.1) is 0 Å². The number of aryl methyl sites for hydroxylation is 1. The Hall–Kier alpha value is -3.76. The summed E-state index contributed by atoms with van der Waals surface area (Å²) < 4.78 is 0. The summed E-state index contributed by atoms with van der Waals surface area (Å²) in [5.41, 5.74) is 1.86. The minimum atomic E-state index is -1.89. The smallest absolute Gasteiger partial charge is 0.264 e. The molecule has 0 spiro atoms. The number of Topliss-reactive ketones (excluding diaryl/α,β-unsaturated/α-hetero) is 1. The number of para-hydroxylation sites is 1. The molecule has 0 saturated heterocycles. The summed E-state index contributed by atoms with van der Waals surface area (Å²) in [6.07, 6.45) is 0.591. The third-order valence-corrected chi connectivity index (χ3v) is 6.55. The van der Waals surface area contributed by atoms with Gasteiger partial charge in [-0.2, -0.15) is 0 Å². The van der Waals surface area contributed by atoms with Gasteiger partial charge >= 0.3 is 0 Å². The summed E-state index contributed by atoms with van der Waals surface area (Å²) >= 11 is 0. The highest BCUT2D eigenvalue weighted by molar-refractivity contribution is 6.11. The van der Waals surface area contributed by atoms with E-state index in [4.69, 9.17) is 0 Å². The van der Waals surface area contributed by atoms with Crippen LogP contribution in [-0.4, -0.2) is 16.8 Å². The van der Waals surface area contributed by atoms with Gasteiger partial charge in [0.2, 0.25) is 0 Å². The first-order valence-electron chi connectivity index (χ1n) is 11.2. The maximum atomic E-state index is 13.6. The van der Waals surface area contributed by atoms with Gasteiger partial charge in [-0.05, 0) is 34.4 Å². The van der Waals surface area contributed by atoms with Crippen LogP contribution >= 0.6 is 0 Å².